The van der Waals surface area contributed by atoms with Crippen LogP contribution in [0.2, 0.25) is 0 Å². The van der Waals surface area contributed by atoms with Gasteiger partial charge in [-0.05, 0) is 51.3 Å². The minimum Gasteiger partial charge on any atom is -0.378 e. The maximum absolute atomic E-state index is 12.3. The van der Waals surface area contributed by atoms with Gasteiger partial charge in [0.15, 0.2) is 0 Å². The van der Waals surface area contributed by atoms with E-state index >= 15 is 0 Å². The van der Waals surface area contributed by atoms with Crippen molar-refractivity contribution in [3.63, 3.8) is 0 Å². The van der Waals surface area contributed by atoms with Crippen LogP contribution >= 0.6 is 0 Å². The predicted molar refractivity (Wildman–Crippen MR) is 87.7 cm³/mol. The summed E-state index contributed by atoms with van der Waals surface area (Å²) in [6.45, 7) is 3.86. The van der Waals surface area contributed by atoms with Gasteiger partial charge in [0.25, 0.3) is 5.91 Å². The van der Waals surface area contributed by atoms with Gasteiger partial charge in [-0.3, -0.25) is 9.59 Å². The molecule has 2 amide bonds. The standard InChI is InChI=1S/C18H22N2O3/c1-18(2,23)10-9-13-6-5-7-14(12-13)16(21)20-15-8-3-4-11-19-17(15)22/h5-7,12,15,23H,3-4,8,11H2,1-2H3,(H,19,22)(H,20,21)/t15-/m0/s1. The molecule has 1 aromatic carbocycles. The zero-order valence-electron chi connectivity index (χ0n) is 13.5. The Morgan fingerprint density at radius 1 is 1.39 bits per heavy atom. The fraction of sp³-hybridized carbons (Fsp3) is 0.444. The second kappa shape index (κ2) is 7.30. The van der Waals surface area contributed by atoms with Crippen LogP contribution in [0.1, 0.15) is 49.0 Å². The molecule has 2 rings (SSSR count). The van der Waals surface area contributed by atoms with Gasteiger partial charge in [-0.2, -0.15) is 0 Å². The molecule has 122 valence electrons. The first-order valence-electron chi connectivity index (χ1n) is 7.79. The molecule has 1 atom stereocenters. The quantitative estimate of drug-likeness (QED) is 0.718. The van der Waals surface area contributed by atoms with Gasteiger partial charge in [0.2, 0.25) is 5.91 Å². The number of amides is 2. The van der Waals surface area contributed by atoms with E-state index in [-0.39, 0.29) is 11.8 Å². The Hall–Kier alpha value is -2.32. The van der Waals surface area contributed by atoms with Gasteiger partial charge in [0, 0.05) is 17.7 Å². The molecule has 3 N–H and O–H groups in total. The molecular formula is C18H22N2O3. The van der Waals surface area contributed by atoms with Crippen LogP contribution in [0.5, 0.6) is 0 Å². The fourth-order valence-electron chi connectivity index (χ4n) is 2.28. The Bertz CT molecular complexity index is 650. The normalized spacial score (nSPS) is 18.2. The fourth-order valence-corrected chi connectivity index (χ4v) is 2.28. The van der Waals surface area contributed by atoms with Gasteiger partial charge in [-0.15, -0.1) is 0 Å². The van der Waals surface area contributed by atoms with Crippen LogP contribution in [0, 0.1) is 11.8 Å². The summed E-state index contributed by atoms with van der Waals surface area (Å²) < 4.78 is 0. The van der Waals surface area contributed by atoms with Crippen LogP contribution in [-0.2, 0) is 4.79 Å². The van der Waals surface area contributed by atoms with Crippen LogP contribution in [0.4, 0.5) is 0 Å². The molecule has 5 heteroatoms. The second-order valence-corrected chi connectivity index (χ2v) is 6.20. The average molecular weight is 314 g/mol. The third-order valence-electron chi connectivity index (χ3n) is 3.48. The van der Waals surface area contributed by atoms with Crippen molar-refractivity contribution in [2.45, 2.75) is 44.8 Å². The molecule has 1 aliphatic rings. The van der Waals surface area contributed by atoms with E-state index in [0.717, 1.165) is 12.8 Å². The third-order valence-corrected chi connectivity index (χ3v) is 3.48. The van der Waals surface area contributed by atoms with Crippen molar-refractivity contribution in [2.24, 2.45) is 0 Å². The summed E-state index contributed by atoms with van der Waals surface area (Å²) >= 11 is 0. The van der Waals surface area contributed by atoms with Gasteiger partial charge in [0.1, 0.15) is 11.6 Å². The average Bonchev–Trinajstić information content (AvgIpc) is 2.70. The van der Waals surface area contributed by atoms with E-state index in [2.05, 4.69) is 22.5 Å². The molecular weight excluding hydrogens is 292 g/mol. The van der Waals surface area contributed by atoms with Crippen molar-refractivity contribution in [3.05, 3.63) is 35.4 Å². The van der Waals surface area contributed by atoms with E-state index < -0.39 is 11.6 Å². The SMILES string of the molecule is CC(C)(O)C#Cc1cccc(C(=O)N[C@H]2CCCCNC2=O)c1. The maximum atomic E-state index is 12.3. The Morgan fingerprint density at radius 3 is 2.91 bits per heavy atom. The third kappa shape index (κ3) is 5.42. The summed E-state index contributed by atoms with van der Waals surface area (Å²) in [7, 11) is 0. The number of benzene rings is 1. The van der Waals surface area contributed by atoms with Crippen LogP contribution < -0.4 is 10.6 Å². The summed E-state index contributed by atoms with van der Waals surface area (Å²) in [6, 6.07) is 6.35. The summed E-state index contributed by atoms with van der Waals surface area (Å²) in [5, 5.41) is 15.2. The number of hydrogen-bond acceptors (Lipinski definition) is 3. The highest BCUT2D eigenvalue weighted by Gasteiger charge is 2.22. The zero-order valence-corrected chi connectivity index (χ0v) is 13.5. The number of carbonyl (C=O) groups is 2. The number of nitrogens with one attached hydrogen (secondary N) is 2. The zero-order chi connectivity index (χ0) is 16.9. The summed E-state index contributed by atoms with van der Waals surface area (Å²) in [5.41, 5.74) is 0.00569. The van der Waals surface area contributed by atoms with Crippen molar-refractivity contribution in [1.82, 2.24) is 10.6 Å². The van der Waals surface area contributed by atoms with Crippen molar-refractivity contribution >= 4 is 11.8 Å². The summed E-state index contributed by atoms with van der Waals surface area (Å²) in [6.07, 6.45) is 2.48. The number of rotatable bonds is 2. The lowest BCUT2D eigenvalue weighted by Gasteiger charge is -2.15. The molecule has 0 bridgehead atoms. The topological polar surface area (TPSA) is 78.4 Å². The van der Waals surface area contributed by atoms with Crippen molar-refractivity contribution in [3.8, 4) is 11.8 Å². The molecule has 1 fully saturated rings. The number of carbonyl (C=O) groups excluding carboxylic acids is 2. The molecule has 0 aliphatic carbocycles. The minimum atomic E-state index is -1.09. The first-order valence-corrected chi connectivity index (χ1v) is 7.79. The molecule has 1 aromatic rings. The molecule has 0 radical (unpaired) electrons. The second-order valence-electron chi connectivity index (χ2n) is 6.20. The number of aliphatic hydroxyl groups is 1. The lowest BCUT2D eigenvalue weighted by molar-refractivity contribution is -0.122. The minimum absolute atomic E-state index is 0.131. The van der Waals surface area contributed by atoms with Crippen molar-refractivity contribution in [1.29, 1.82) is 0 Å². The van der Waals surface area contributed by atoms with Gasteiger partial charge in [-0.25, -0.2) is 0 Å². The van der Waals surface area contributed by atoms with Gasteiger partial charge >= 0.3 is 0 Å². The van der Waals surface area contributed by atoms with E-state index in [0.29, 0.717) is 24.1 Å². The van der Waals surface area contributed by atoms with Gasteiger partial charge in [-0.1, -0.05) is 17.9 Å². The van der Waals surface area contributed by atoms with E-state index in [4.69, 9.17) is 0 Å². The lowest BCUT2D eigenvalue weighted by atomic mass is 10.1. The highest BCUT2D eigenvalue weighted by atomic mass is 16.3. The van der Waals surface area contributed by atoms with Crippen LogP contribution in [0.3, 0.4) is 0 Å². The Morgan fingerprint density at radius 2 is 2.17 bits per heavy atom. The van der Waals surface area contributed by atoms with Crippen LogP contribution in [-0.4, -0.2) is 35.1 Å². The Kier molecular flexibility index (Phi) is 5.41. The highest BCUT2D eigenvalue weighted by molar-refractivity contribution is 5.97. The Balaban J connectivity index is 2.10. The molecule has 1 aliphatic heterocycles. The van der Waals surface area contributed by atoms with E-state index in [1.165, 1.54) is 0 Å². The first kappa shape index (κ1) is 17.0. The first-order chi connectivity index (χ1) is 10.8. The van der Waals surface area contributed by atoms with Crippen molar-refractivity contribution < 1.29 is 14.7 Å². The molecule has 0 unspecified atom stereocenters. The Labute approximate surface area is 136 Å². The highest BCUT2D eigenvalue weighted by Crippen LogP contribution is 2.09. The summed E-state index contributed by atoms with van der Waals surface area (Å²) in [5.74, 6) is 5.13. The molecule has 0 aromatic heterocycles. The van der Waals surface area contributed by atoms with Crippen LogP contribution in [0.25, 0.3) is 0 Å². The van der Waals surface area contributed by atoms with E-state index in [1.54, 1.807) is 38.1 Å². The predicted octanol–water partition coefficient (Wildman–Crippen LogP) is 1.21. The molecule has 0 spiro atoms. The van der Waals surface area contributed by atoms with Gasteiger partial charge < -0.3 is 15.7 Å². The number of hydrogen-bond donors (Lipinski definition) is 3. The summed E-state index contributed by atoms with van der Waals surface area (Å²) in [4.78, 5) is 24.2. The van der Waals surface area contributed by atoms with Crippen LogP contribution in [0.15, 0.2) is 24.3 Å². The maximum Gasteiger partial charge on any atom is 0.251 e. The molecule has 23 heavy (non-hydrogen) atoms. The largest absolute Gasteiger partial charge is 0.378 e. The molecule has 1 heterocycles. The molecule has 1 saturated heterocycles. The monoisotopic (exact) mass is 314 g/mol. The lowest BCUT2D eigenvalue weighted by Crippen LogP contribution is -2.45. The van der Waals surface area contributed by atoms with Gasteiger partial charge in [0.05, 0.1) is 0 Å². The van der Waals surface area contributed by atoms with E-state index in [9.17, 15) is 14.7 Å². The smallest absolute Gasteiger partial charge is 0.251 e. The molecule has 5 nitrogen and oxygen atoms in total. The van der Waals surface area contributed by atoms with Crippen molar-refractivity contribution in [2.75, 3.05) is 6.54 Å². The molecule has 0 saturated carbocycles. The van der Waals surface area contributed by atoms with E-state index in [1.807, 2.05) is 0 Å².